The van der Waals surface area contributed by atoms with Gasteiger partial charge in [-0.1, -0.05) is 0 Å². The third kappa shape index (κ3) is 3.51. The van der Waals surface area contributed by atoms with Crippen LogP contribution in [0, 0.1) is 0 Å². The van der Waals surface area contributed by atoms with Crippen molar-refractivity contribution in [3.63, 3.8) is 0 Å². The van der Waals surface area contributed by atoms with Crippen LogP contribution in [0.3, 0.4) is 0 Å². The van der Waals surface area contributed by atoms with E-state index in [1.165, 1.54) is 14.2 Å². The number of aromatic nitrogens is 2. The van der Waals surface area contributed by atoms with Crippen molar-refractivity contribution in [2.45, 2.75) is 24.9 Å². The van der Waals surface area contributed by atoms with Gasteiger partial charge in [0.2, 0.25) is 0 Å². The summed E-state index contributed by atoms with van der Waals surface area (Å²) in [5.41, 5.74) is 0.0585. The molecule has 1 spiro atoms. The van der Waals surface area contributed by atoms with Gasteiger partial charge < -0.3 is 23.8 Å². The number of Topliss-reactive ketones (excluding diaryl/α,β-unsaturated/α-hetero) is 1. The van der Waals surface area contributed by atoms with Crippen LogP contribution in [-0.4, -0.2) is 62.0 Å². The average molecular weight is 413 g/mol. The normalized spacial score (nSPS) is 17.2. The standard InChI is InChI=1S/C21H23N3O6/c1-27-13-10-16(28-2)19-15(25)12-21(30-17(19)11-13)6-8-24(9-7-21)18-5-4-14(22-23-18)20(26)29-3/h4-5,10-11H,6-9,12H2,1-3H3. The third-order valence-corrected chi connectivity index (χ3v) is 5.63. The maximum Gasteiger partial charge on any atom is 0.358 e. The van der Waals surface area contributed by atoms with Crippen LogP contribution in [0.1, 0.15) is 40.1 Å². The van der Waals surface area contributed by atoms with E-state index in [1.54, 1.807) is 31.4 Å². The zero-order chi connectivity index (χ0) is 21.3. The molecular weight excluding hydrogens is 390 g/mol. The maximum absolute atomic E-state index is 12.9. The highest BCUT2D eigenvalue weighted by Crippen LogP contribution is 2.45. The summed E-state index contributed by atoms with van der Waals surface area (Å²) < 4.78 is 21.7. The Morgan fingerprint density at radius 1 is 1.10 bits per heavy atom. The number of carbonyl (C=O) groups excluding carboxylic acids is 2. The van der Waals surface area contributed by atoms with Crippen molar-refractivity contribution in [3.8, 4) is 17.2 Å². The Kier molecular flexibility index (Phi) is 5.19. The number of ether oxygens (including phenoxy) is 4. The Balaban J connectivity index is 1.51. The monoisotopic (exact) mass is 413 g/mol. The van der Waals surface area contributed by atoms with E-state index >= 15 is 0 Å². The van der Waals surface area contributed by atoms with Gasteiger partial charge >= 0.3 is 5.97 Å². The number of nitrogens with zero attached hydrogens (tertiary/aromatic N) is 3. The molecule has 0 atom stereocenters. The molecule has 4 rings (SSSR count). The van der Waals surface area contributed by atoms with Gasteiger partial charge in [-0.3, -0.25) is 4.79 Å². The summed E-state index contributed by atoms with van der Waals surface area (Å²) in [4.78, 5) is 26.5. The van der Waals surface area contributed by atoms with Crippen molar-refractivity contribution in [1.29, 1.82) is 0 Å². The lowest BCUT2D eigenvalue weighted by atomic mass is 9.82. The van der Waals surface area contributed by atoms with Crippen LogP contribution in [0.4, 0.5) is 5.82 Å². The summed E-state index contributed by atoms with van der Waals surface area (Å²) >= 11 is 0. The second-order valence-corrected chi connectivity index (χ2v) is 7.34. The molecule has 0 unspecified atom stereocenters. The predicted molar refractivity (Wildman–Crippen MR) is 107 cm³/mol. The number of rotatable bonds is 4. The van der Waals surface area contributed by atoms with Crippen molar-refractivity contribution >= 4 is 17.6 Å². The Hall–Kier alpha value is -3.36. The second kappa shape index (κ2) is 7.81. The molecule has 1 fully saturated rings. The minimum atomic E-state index is -0.572. The van der Waals surface area contributed by atoms with Gasteiger partial charge in [-0.2, -0.15) is 0 Å². The first kappa shape index (κ1) is 19.9. The first-order valence-electron chi connectivity index (χ1n) is 9.64. The molecule has 0 radical (unpaired) electrons. The molecule has 3 heterocycles. The minimum absolute atomic E-state index is 0.00595. The predicted octanol–water partition coefficient (Wildman–Crippen LogP) is 2.28. The topological polar surface area (TPSA) is 100 Å². The summed E-state index contributed by atoms with van der Waals surface area (Å²) in [6.07, 6.45) is 1.60. The molecule has 0 amide bonds. The highest BCUT2D eigenvalue weighted by Gasteiger charge is 2.44. The third-order valence-electron chi connectivity index (χ3n) is 5.63. The number of hydrogen-bond donors (Lipinski definition) is 0. The molecule has 1 aromatic heterocycles. The van der Waals surface area contributed by atoms with Crippen LogP contribution in [0.2, 0.25) is 0 Å². The van der Waals surface area contributed by atoms with Crippen molar-refractivity contribution in [2.24, 2.45) is 0 Å². The van der Waals surface area contributed by atoms with Gasteiger partial charge in [-0.25, -0.2) is 4.79 Å². The molecule has 2 aromatic rings. The number of piperidine rings is 1. The number of fused-ring (bicyclic) bond motifs is 1. The molecule has 0 aliphatic carbocycles. The first-order valence-corrected chi connectivity index (χ1v) is 9.64. The van der Waals surface area contributed by atoms with Crippen LogP contribution < -0.4 is 19.1 Å². The van der Waals surface area contributed by atoms with Gasteiger partial charge in [-0.05, 0) is 12.1 Å². The fourth-order valence-electron chi connectivity index (χ4n) is 3.98. The Labute approximate surface area is 173 Å². The highest BCUT2D eigenvalue weighted by atomic mass is 16.5. The van der Waals surface area contributed by atoms with Gasteiger partial charge in [-0.15, -0.1) is 10.2 Å². The summed E-state index contributed by atoms with van der Waals surface area (Å²) in [5, 5.41) is 8.06. The number of esters is 1. The number of anilines is 1. The summed E-state index contributed by atoms with van der Waals surface area (Å²) in [7, 11) is 4.39. The molecule has 1 saturated heterocycles. The Morgan fingerprint density at radius 2 is 1.87 bits per heavy atom. The molecule has 1 aromatic carbocycles. The average Bonchev–Trinajstić information content (AvgIpc) is 2.78. The van der Waals surface area contributed by atoms with Crippen molar-refractivity contribution in [3.05, 3.63) is 35.5 Å². The number of benzene rings is 1. The number of ketones is 1. The molecule has 9 nitrogen and oxygen atoms in total. The Morgan fingerprint density at radius 3 is 2.47 bits per heavy atom. The molecule has 30 heavy (non-hydrogen) atoms. The molecule has 0 saturated carbocycles. The maximum atomic E-state index is 12.9. The molecule has 2 aliphatic heterocycles. The van der Waals surface area contributed by atoms with Crippen molar-refractivity contribution in [1.82, 2.24) is 10.2 Å². The van der Waals surface area contributed by atoms with Gasteiger partial charge in [0.25, 0.3) is 0 Å². The number of hydrogen-bond acceptors (Lipinski definition) is 9. The van der Waals surface area contributed by atoms with Crippen LogP contribution in [0.25, 0.3) is 0 Å². The smallest absolute Gasteiger partial charge is 0.358 e. The van der Waals surface area contributed by atoms with Crippen LogP contribution in [0.15, 0.2) is 24.3 Å². The van der Waals surface area contributed by atoms with E-state index in [2.05, 4.69) is 19.8 Å². The molecule has 2 aliphatic rings. The number of carbonyl (C=O) groups is 2. The van der Waals surface area contributed by atoms with Gasteiger partial charge in [0.05, 0.1) is 27.8 Å². The zero-order valence-corrected chi connectivity index (χ0v) is 17.1. The largest absolute Gasteiger partial charge is 0.496 e. The summed E-state index contributed by atoms with van der Waals surface area (Å²) in [5.74, 6) is 1.69. The van der Waals surface area contributed by atoms with E-state index in [1.807, 2.05) is 0 Å². The van der Waals surface area contributed by atoms with Crippen LogP contribution in [0.5, 0.6) is 17.2 Å². The zero-order valence-electron chi connectivity index (χ0n) is 17.1. The SMILES string of the molecule is COC(=O)c1ccc(N2CCC3(CC2)CC(=O)c2c(OC)cc(OC)cc2O3)nn1. The van der Waals surface area contributed by atoms with Crippen LogP contribution >= 0.6 is 0 Å². The molecular formula is C21H23N3O6. The summed E-state index contributed by atoms with van der Waals surface area (Å²) in [6, 6.07) is 6.76. The van der Waals surface area contributed by atoms with Crippen molar-refractivity contribution in [2.75, 3.05) is 39.3 Å². The summed E-state index contributed by atoms with van der Waals surface area (Å²) in [6.45, 7) is 1.30. The van der Waals surface area contributed by atoms with E-state index in [0.29, 0.717) is 61.0 Å². The lowest BCUT2D eigenvalue weighted by Crippen LogP contribution is -2.51. The second-order valence-electron chi connectivity index (χ2n) is 7.34. The number of methoxy groups -OCH3 is 3. The highest BCUT2D eigenvalue weighted by molar-refractivity contribution is 6.03. The first-order chi connectivity index (χ1) is 14.5. The van der Waals surface area contributed by atoms with E-state index in [9.17, 15) is 9.59 Å². The molecule has 158 valence electrons. The minimum Gasteiger partial charge on any atom is -0.496 e. The van der Waals surface area contributed by atoms with Gasteiger partial charge in [0.1, 0.15) is 28.4 Å². The van der Waals surface area contributed by atoms with E-state index in [0.717, 1.165) is 0 Å². The Bertz CT molecular complexity index is 967. The molecule has 0 N–H and O–H groups in total. The molecule has 0 bridgehead atoms. The molecule has 9 heteroatoms. The quantitative estimate of drug-likeness (QED) is 0.699. The van der Waals surface area contributed by atoms with Crippen molar-refractivity contribution < 1.29 is 28.5 Å². The van der Waals surface area contributed by atoms with E-state index < -0.39 is 11.6 Å². The van der Waals surface area contributed by atoms with E-state index in [4.69, 9.17) is 14.2 Å². The fraction of sp³-hybridized carbons (Fsp3) is 0.429. The van der Waals surface area contributed by atoms with Gasteiger partial charge in [0.15, 0.2) is 17.3 Å². The van der Waals surface area contributed by atoms with Crippen LogP contribution in [-0.2, 0) is 4.74 Å². The fourth-order valence-corrected chi connectivity index (χ4v) is 3.98. The lowest BCUT2D eigenvalue weighted by molar-refractivity contribution is 0.0224. The lowest BCUT2D eigenvalue weighted by Gasteiger charge is -2.44. The van der Waals surface area contributed by atoms with Gasteiger partial charge in [0, 0.05) is 38.1 Å². The van der Waals surface area contributed by atoms with E-state index in [-0.39, 0.29) is 11.5 Å².